The maximum atomic E-state index is 11.8. The van der Waals surface area contributed by atoms with Gasteiger partial charge in [-0.2, -0.15) is 0 Å². The second-order valence-corrected chi connectivity index (χ2v) is 5.60. The molecule has 2 bridgehead atoms. The third-order valence-electron chi connectivity index (χ3n) is 4.18. The first-order valence-corrected chi connectivity index (χ1v) is 6.49. The smallest absolute Gasteiger partial charge is 0.134 e. The first-order valence-electron chi connectivity index (χ1n) is 6.11. The maximum Gasteiger partial charge on any atom is 0.134 e. The van der Waals surface area contributed by atoms with Gasteiger partial charge < -0.3 is 0 Å². The lowest BCUT2D eigenvalue weighted by Gasteiger charge is -2.26. The van der Waals surface area contributed by atoms with E-state index in [1.807, 2.05) is 12.1 Å². The standard InChI is InChI=1S/C15H15ClO/c1-9(17)14-11-2-3-12(8-11)15(14)10-4-6-13(16)7-5-10/h2-7,11-12,14-15H,8H2,1H3/t11-,12+,14-,15-/m1/s1. The molecule has 0 amide bonds. The number of hydrogen-bond acceptors (Lipinski definition) is 1. The average Bonchev–Trinajstić information content (AvgIpc) is 2.89. The highest BCUT2D eigenvalue weighted by atomic mass is 35.5. The first-order chi connectivity index (χ1) is 8.16. The Labute approximate surface area is 106 Å². The van der Waals surface area contributed by atoms with Crippen molar-refractivity contribution in [2.75, 3.05) is 0 Å². The van der Waals surface area contributed by atoms with Crippen molar-refractivity contribution in [1.82, 2.24) is 0 Å². The van der Waals surface area contributed by atoms with Crippen LogP contribution in [-0.2, 0) is 4.79 Å². The molecule has 0 heterocycles. The topological polar surface area (TPSA) is 17.1 Å². The Bertz CT molecular complexity index is 474. The SMILES string of the molecule is CC(=O)[C@H]1[C@H](c2ccc(Cl)cc2)[C@H]2C=C[C@@H]1C2. The summed E-state index contributed by atoms with van der Waals surface area (Å²) in [4.78, 5) is 11.8. The minimum Gasteiger partial charge on any atom is -0.300 e. The van der Waals surface area contributed by atoms with Gasteiger partial charge in [-0.05, 0) is 42.9 Å². The largest absolute Gasteiger partial charge is 0.300 e. The number of halogens is 1. The van der Waals surface area contributed by atoms with E-state index >= 15 is 0 Å². The quantitative estimate of drug-likeness (QED) is 0.725. The van der Waals surface area contributed by atoms with E-state index in [9.17, 15) is 4.79 Å². The molecule has 1 aromatic rings. The number of benzene rings is 1. The van der Waals surface area contributed by atoms with Crippen LogP contribution in [0.4, 0.5) is 0 Å². The molecular weight excluding hydrogens is 232 g/mol. The molecule has 0 N–H and O–H groups in total. The van der Waals surface area contributed by atoms with E-state index in [0.29, 0.717) is 23.5 Å². The molecule has 17 heavy (non-hydrogen) atoms. The molecule has 1 saturated carbocycles. The molecule has 2 heteroatoms. The lowest BCUT2D eigenvalue weighted by atomic mass is 9.77. The Balaban J connectivity index is 1.99. The Morgan fingerprint density at radius 2 is 1.82 bits per heavy atom. The minimum atomic E-state index is 0.172. The number of carbonyl (C=O) groups excluding carboxylic acids is 1. The molecule has 1 fully saturated rings. The molecule has 4 atom stereocenters. The lowest BCUT2D eigenvalue weighted by molar-refractivity contribution is -0.121. The number of allylic oxidation sites excluding steroid dienone is 2. The van der Waals surface area contributed by atoms with E-state index in [-0.39, 0.29) is 5.92 Å². The van der Waals surface area contributed by atoms with Crippen molar-refractivity contribution in [3.63, 3.8) is 0 Å². The summed E-state index contributed by atoms with van der Waals surface area (Å²) in [7, 11) is 0. The Morgan fingerprint density at radius 1 is 1.18 bits per heavy atom. The van der Waals surface area contributed by atoms with Crippen LogP contribution in [0.3, 0.4) is 0 Å². The van der Waals surface area contributed by atoms with Crippen LogP contribution >= 0.6 is 11.6 Å². The number of ketones is 1. The van der Waals surface area contributed by atoms with Crippen molar-refractivity contribution in [2.45, 2.75) is 19.3 Å². The second-order valence-electron chi connectivity index (χ2n) is 5.16. The molecular formula is C15H15ClO. The molecule has 1 nitrogen and oxygen atoms in total. The molecule has 0 aliphatic heterocycles. The average molecular weight is 247 g/mol. The van der Waals surface area contributed by atoms with Gasteiger partial charge in [0.25, 0.3) is 0 Å². The third kappa shape index (κ3) is 1.73. The number of fused-ring (bicyclic) bond motifs is 2. The molecule has 2 aliphatic carbocycles. The van der Waals surface area contributed by atoms with Gasteiger partial charge >= 0.3 is 0 Å². The van der Waals surface area contributed by atoms with Gasteiger partial charge in [-0.15, -0.1) is 0 Å². The fraction of sp³-hybridized carbons (Fsp3) is 0.400. The summed E-state index contributed by atoms with van der Waals surface area (Å²) in [6.07, 6.45) is 5.64. The zero-order valence-corrected chi connectivity index (χ0v) is 10.5. The van der Waals surface area contributed by atoms with Crippen molar-refractivity contribution in [3.8, 4) is 0 Å². The summed E-state index contributed by atoms with van der Waals surface area (Å²) in [5.41, 5.74) is 1.26. The van der Waals surface area contributed by atoms with Crippen LogP contribution in [0.5, 0.6) is 0 Å². The van der Waals surface area contributed by atoms with Crippen LogP contribution < -0.4 is 0 Å². The van der Waals surface area contributed by atoms with Crippen LogP contribution in [0.25, 0.3) is 0 Å². The fourth-order valence-electron chi connectivity index (χ4n) is 3.52. The van der Waals surface area contributed by atoms with Crippen molar-refractivity contribution in [2.24, 2.45) is 17.8 Å². The zero-order valence-electron chi connectivity index (χ0n) is 9.77. The lowest BCUT2D eigenvalue weighted by Crippen LogP contribution is -2.24. The van der Waals surface area contributed by atoms with Crippen molar-refractivity contribution >= 4 is 17.4 Å². The molecule has 2 aliphatic rings. The summed E-state index contributed by atoms with van der Waals surface area (Å²) in [6, 6.07) is 7.97. The predicted octanol–water partition coefficient (Wildman–Crippen LogP) is 3.83. The molecule has 0 saturated heterocycles. The van der Waals surface area contributed by atoms with Crippen LogP contribution in [0.1, 0.15) is 24.8 Å². The van der Waals surface area contributed by atoms with Crippen LogP contribution in [-0.4, -0.2) is 5.78 Å². The van der Waals surface area contributed by atoms with E-state index in [2.05, 4.69) is 24.3 Å². The molecule has 0 spiro atoms. The summed E-state index contributed by atoms with van der Waals surface area (Å²) in [6.45, 7) is 1.72. The highest BCUT2D eigenvalue weighted by Gasteiger charge is 2.47. The third-order valence-corrected chi connectivity index (χ3v) is 4.44. The van der Waals surface area contributed by atoms with E-state index < -0.39 is 0 Å². The predicted molar refractivity (Wildman–Crippen MR) is 69.1 cm³/mol. The normalized spacial score (nSPS) is 34.2. The summed E-state index contributed by atoms with van der Waals surface area (Å²) >= 11 is 5.92. The number of carbonyl (C=O) groups is 1. The molecule has 0 radical (unpaired) electrons. The number of hydrogen-bond donors (Lipinski definition) is 0. The van der Waals surface area contributed by atoms with Gasteiger partial charge in [-0.25, -0.2) is 0 Å². The fourth-order valence-corrected chi connectivity index (χ4v) is 3.64. The first kappa shape index (κ1) is 11.0. The second kappa shape index (κ2) is 3.99. The van der Waals surface area contributed by atoms with E-state index in [1.54, 1.807) is 6.92 Å². The van der Waals surface area contributed by atoms with Crippen LogP contribution in [0, 0.1) is 17.8 Å². The number of rotatable bonds is 2. The number of Topliss-reactive ketones (excluding diaryl/α,β-unsaturated/α-hetero) is 1. The molecule has 3 rings (SSSR count). The molecule has 0 unspecified atom stereocenters. The zero-order chi connectivity index (χ0) is 12.0. The van der Waals surface area contributed by atoms with Crippen molar-refractivity contribution in [1.29, 1.82) is 0 Å². The van der Waals surface area contributed by atoms with Gasteiger partial charge in [0, 0.05) is 16.9 Å². The Kier molecular flexibility index (Phi) is 2.59. The molecule has 0 aromatic heterocycles. The van der Waals surface area contributed by atoms with E-state index in [0.717, 1.165) is 11.4 Å². The Morgan fingerprint density at radius 3 is 2.47 bits per heavy atom. The van der Waals surface area contributed by atoms with Gasteiger partial charge in [0.2, 0.25) is 0 Å². The van der Waals surface area contributed by atoms with Crippen molar-refractivity contribution in [3.05, 3.63) is 47.0 Å². The summed E-state index contributed by atoms with van der Waals surface area (Å²) in [5.74, 6) is 1.85. The minimum absolute atomic E-state index is 0.172. The molecule has 1 aromatic carbocycles. The maximum absolute atomic E-state index is 11.8. The Hall–Kier alpha value is -1.08. The van der Waals surface area contributed by atoms with Gasteiger partial charge in [0.1, 0.15) is 5.78 Å². The molecule has 88 valence electrons. The van der Waals surface area contributed by atoms with Gasteiger partial charge in [0.15, 0.2) is 0 Å². The van der Waals surface area contributed by atoms with Gasteiger partial charge in [-0.1, -0.05) is 35.9 Å². The summed E-state index contributed by atoms with van der Waals surface area (Å²) in [5, 5.41) is 0.756. The van der Waals surface area contributed by atoms with E-state index in [1.165, 1.54) is 5.56 Å². The van der Waals surface area contributed by atoms with Gasteiger partial charge in [0.05, 0.1) is 0 Å². The van der Waals surface area contributed by atoms with Crippen LogP contribution in [0.2, 0.25) is 5.02 Å². The van der Waals surface area contributed by atoms with E-state index in [4.69, 9.17) is 11.6 Å². The highest BCUT2D eigenvalue weighted by Crippen LogP contribution is 2.53. The van der Waals surface area contributed by atoms with Crippen molar-refractivity contribution < 1.29 is 4.79 Å². The van der Waals surface area contributed by atoms with Gasteiger partial charge in [-0.3, -0.25) is 4.79 Å². The summed E-state index contributed by atoms with van der Waals surface area (Å²) < 4.78 is 0. The van der Waals surface area contributed by atoms with Crippen LogP contribution in [0.15, 0.2) is 36.4 Å². The monoisotopic (exact) mass is 246 g/mol. The highest BCUT2D eigenvalue weighted by molar-refractivity contribution is 6.30.